The molecular formula is C25H23N5O3. The lowest BCUT2D eigenvalue weighted by molar-refractivity contribution is -0.122. The third kappa shape index (κ3) is 4.27. The molecule has 0 bridgehead atoms. The normalized spacial score (nSPS) is 14.7. The summed E-state index contributed by atoms with van der Waals surface area (Å²) in [6.07, 6.45) is 3.21. The molecule has 0 saturated carbocycles. The largest absolute Gasteiger partial charge is 0.350 e. The molecule has 2 aromatic carbocycles. The van der Waals surface area contributed by atoms with E-state index in [0.29, 0.717) is 17.8 Å². The molecule has 0 unspecified atom stereocenters. The van der Waals surface area contributed by atoms with Crippen LogP contribution in [0.15, 0.2) is 77.7 Å². The Labute approximate surface area is 189 Å². The van der Waals surface area contributed by atoms with Gasteiger partial charge in [0.25, 0.3) is 5.91 Å². The molecule has 5 rings (SSSR count). The highest BCUT2D eigenvalue weighted by Gasteiger charge is 2.24. The van der Waals surface area contributed by atoms with Crippen LogP contribution in [0.5, 0.6) is 0 Å². The van der Waals surface area contributed by atoms with E-state index in [2.05, 4.69) is 21.8 Å². The SMILES string of the molecule is O=C(Cn1nc2ccc(C(=O)NCc3ccccc3)cn2c1=O)N[C@H]1CCc2ccccc21. The van der Waals surface area contributed by atoms with Crippen molar-refractivity contribution in [2.45, 2.75) is 32.0 Å². The number of carbonyl (C=O) groups excluding carboxylic acids is 2. The number of fused-ring (bicyclic) bond motifs is 2. The van der Waals surface area contributed by atoms with Crippen LogP contribution in [0.1, 0.15) is 39.5 Å². The molecule has 166 valence electrons. The maximum absolute atomic E-state index is 12.8. The van der Waals surface area contributed by atoms with Crippen LogP contribution in [-0.4, -0.2) is 26.0 Å². The number of pyridine rings is 1. The number of aryl methyl sites for hydroxylation is 1. The van der Waals surface area contributed by atoms with Gasteiger partial charge in [0.15, 0.2) is 5.65 Å². The predicted molar refractivity (Wildman–Crippen MR) is 123 cm³/mol. The lowest BCUT2D eigenvalue weighted by atomic mass is 10.1. The summed E-state index contributed by atoms with van der Waals surface area (Å²) < 4.78 is 2.41. The highest BCUT2D eigenvalue weighted by atomic mass is 16.2. The molecule has 2 amide bonds. The summed E-state index contributed by atoms with van der Waals surface area (Å²) >= 11 is 0. The van der Waals surface area contributed by atoms with Gasteiger partial charge in [0.2, 0.25) is 5.91 Å². The van der Waals surface area contributed by atoms with Crippen LogP contribution in [0.3, 0.4) is 0 Å². The van der Waals surface area contributed by atoms with Crippen LogP contribution < -0.4 is 16.3 Å². The predicted octanol–water partition coefficient (Wildman–Crippen LogP) is 2.23. The number of amides is 2. The quantitative estimate of drug-likeness (QED) is 0.480. The Hall–Kier alpha value is -4.20. The molecule has 4 aromatic rings. The first-order valence-corrected chi connectivity index (χ1v) is 10.9. The summed E-state index contributed by atoms with van der Waals surface area (Å²) in [5.41, 5.74) is 3.59. The van der Waals surface area contributed by atoms with Gasteiger partial charge in [-0.05, 0) is 41.7 Å². The summed E-state index contributed by atoms with van der Waals surface area (Å²) in [6.45, 7) is 0.199. The Kier molecular flexibility index (Phi) is 5.48. The zero-order valence-electron chi connectivity index (χ0n) is 17.9. The first-order valence-electron chi connectivity index (χ1n) is 10.9. The third-order valence-corrected chi connectivity index (χ3v) is 5.90. The molecule has 33 heavy (non-hydrogen) atoms. The van der Waals surface area contributed by atoms with Crippen LogP contribution in [0, 0.1) is 0 Å². The average Bonchev–Trinajstić information content (AvgIpc) is 3.38. The molecule has 0 aliphatic heterocycles. The highest BCUT2D eigenvalue weighted by molar-refractivity contribution is 5.94. The minimum atomic E-state index is -0.468. The van der Waals surface area contributed by atoms with Crippen LogP contribution in [0.2, 0.25) is 0 Å². The maximum Gasteiger partial charge on any atom is 0.350 e. The van der Waals surface area contributed by atoms with Crippen molar-refractivity contribution in [2.75, 3.05) is 0 Å². The van der Waals surface area contributed by atoms with E-state index in [1.807, 2.05) is 48.5 Å². The van der Waals surface area contributed by atoms with Crippen molar-refractivity contribution >= 4 is 17.5 Å². The van der Waals surface area contributed by atoms with Gasteiger partial charge < -0.3 is 10.6 Å². The molecule has 1 aliphatic carbocycles. The van der Waals surface area contributed by atoms with Gasteiger partial charge in [-0.15, -0.1) is 5.10 Å². The second-order valence-electron chi connectivity index (χ2n) is 8.11. The van der Waals surface area contributed by atoms with Crippen LogP contribution >= 0.6 is 0 Å². The fourth-order valence-electron chi connectivity index (χ4n) is 4.22. The van der Waals surface area contributed by atoms with E-state index < -0.39 is 5.69 Å². The van der Waals surface area contributed by atoms with Crippen molar-refractivity contribution in [1.82, 2.24) is 24.8 Å². The highest BCUT2D eigenvalue weighted by Crippen LogP contribution is 2.30. The van der Waals surface area contributed by atoms with Gasteiger partial charge in [-0.3, -0.25) is 9.59 Å². The number of nitrogens with one attached hydrogen (secondary N) is 2. The second kappa shape index (κ2) is 8.74. The van der Waals surface area contributed by atoms with Gasteiger partial charge >= 0.3 is 5.69 Å². The Balaban J connectivity index is 1.28. The molecule has 2 aromatic heterocycles. The van der Waals surface area contributed by atoms with Crippen molar-refractivity contribution < 1.29 is 9.59 Å². The van der Waals surface area contributed by atoms with Gasteiger partial charge in [-0.25, -0.2) is 13.9 Å². The Bertz CT molecular complexity index is 1390. The number of hydrogen-bond acceptors (Lipinski definition) is 4. The fraction of sp³-hybridized carbons (Fsp3) is 0.200. The number of benzene rings is 2. The standard InChI is InChI=1S/C25H23N5O3/c31-23(27-21-12-10-18-8-4-5-9-20(18)21)16-30-25(33)29-15-19(11-13-22(29)28-30)24(32)26-14-17-6-2-1-3-7-17/h1-9,11,13,15,21H,10,12,14,16H2,(H,26,32)(H,27,31)/t21-/m0/s1. The summed E-state index contributed by atoms with van der Waals surface area (Å²) in [4.78, 5) is 38.0. The monoisotopic (exact) mass is 441 g/mol. The van der Waals surface area contributed by atoms with Crippen molar-refractivity contribution in [3.63, 3.8) is 0 Å². The first kappa shape index (κ1) is 20.7. The molecule has 2 heterocycles. The molecule has 0 spiro atoms. The fourth-order valence-corrected chi connectivity index (χ4v) is 4.22. The van der Waals surface area contributed by atoms with Gasteiger partial charge in [0, 0.05) is 12.7 Å². The van der Waals surface area contributed by atoms with E-state index in [-0.39, 0.29) is 24.4 Å². The Morgan fingerprint density at radius 2 is 1.79 bits per heavy atom. The van der Waals surface area contributed by atoms with Crippen molar-refractivity contribution in [2.24, 2.45) is 0 Å². The van der Waals surface area contributed by atoms with Crippen LogP contribution in [0.4, 0.5) is 0 Å². The number of carbonyl (C=O) groups is 2. The van der Waals surface area contributed by atoms with Crippen molar-refractivity contribution in [3.8, 4) is 0 Å². The molecule has 8 heteroatoms. The Morgan fingerprint density at radius 1 is 1.00 bits per heavy atom. The lowest BCUT2D eigenvalue weighted by Crippen LogP contribution is -2.34. The summed E-state index contributed by atoms with van der Waals surface area (Å²) in [6, 6.07) is 20.8. The molecule has 8 nitrogen and oxygen atoms in total. The number of rotatable bonds is 6. The van der Waals surface area contributed by atoms with E-state index >= 15 is 0 Å². The van der Waals surface area contributed by atoms with Gasteiger partial charge in [0.05, 0.1) is 11.6 Å². The summed E-state index contributed by atoms with van der Waals surface area (Å²) in [7, 11) is 0. The van der Waals surface area contributed by atoms with Gasteiger partial charge in [-0.1, -0.05) is 54.6 Å². The number of aromatic nitrogens is 3. The average molecular weight is 441 g/mol. The smallest absolute Gasteiger partial charge is 0.348 e. The molecule has 2 N–H and O–H groups in total. The minimum absolute atomic E-state index is 0.0543. The molecule has 1 atom stereocenters. The van der Waals surface area contributed by atoms with E-state index in [1.165, 1.54) is 16.2 Å². The maximum atomic E-state index is 12.8. The Morgan fingerprint density at radius 3 is 2.64 bits per heavy atom. The van der Waals surface area contributed by atoms with Crippen molar-refractivity contribution in [1.29, 1.82) is 0 Å². The zero-order valence-corrected chi connectivity index (χ0v) is 17.9. The van der Waals surface area contributed by atoms with E-state index in [9.17, 15) is 14.4 Å². The van der Waals surface area contributed by atoms with E-state index in [1.54, 1.807) is 12.1 Å². The van der Waals surface area contributed by atoms with Crippen molar-refractivity contribution in [3.05, 3.63) is 106 Å². The first-order chi connectivity index (χ1) is 16.1. The lowest BCUT2D eigenvalue weighted by Gasteiger charge is -2.13. The van der Waals surface area contributed by atoms with Crippen LogP contribution in [0.25, 0.3) is 5.65 Å². The summed E-state index contributed by atoms with van der Waals surface area (Å²) in [5, 5.41) is 10.1. The minimum Gasteiger partial charge on any atom is -0.348 e. The molecular weight excluding hydrogens is 418 g/mol. The number of hydrogen-bond donors (Lipinski definition) is 2. The van der Waals surface area contributed by atoms with Gasteiger partial charge in [-0.2, -0.15) is 0 Å². The topological polar surface area (TPSA) is 97.5 Å². The van der Waals surface area contributed by atoms with E-state index in [0.717, 1.165) is 28.7 Å². The van der Waals surface area contributed by atoms with E-state index in [4.69, 9.17) is 0 Å². The molecule has 0 radical (unpaired) electrons. The molecule has 0 saturated heterocycles. The number of nitrogens with zero attached hydrogens (tertiary/aromatic N) is 3. The zero-order chi connectivity index (χ0) is 22.8. The summed E-state index contributed by atoms with van der Waals surface area (Å²) in [5.74, 6) is -0.568. The molecule has 1 aliphatic rings. The molecule has 0 fully saturated rings. The van der Waals surface area contributed by atoms with Crippen LogP contribution in [-0.2, 0) is 24.3 Å². The van der Waals surface area contributed by atoms with Gasteiger partial charge in [0.1, 0.15) is 6.54 Å². The third-order valence-electron chi connectivity index (χ3n) is 5.90. The second-order valence-corrected chi connectivity index (χ2v) is 8.11.